The van der Waals surface area contributed by atoms with Crippen LogP contribution in [0.4, 0.5) is 8.78 Å². The average Bonchev–Trinajstić information content (AvgIpc) is 2.44. The minimum absolute atomic E-state index is 0.0564. The van der Waals surface area contributed by atoms with Gasteiger partial charge in [0, 0.05) is 30.6 Å². The van der Waals surface area contributed by atoms with Crippen LogP contribution in [0.2, 0.25) is 0 Å². The molecule has 0 fully saturated rings. The molecule has 0 aromatic heterocycles. The van der Waals surface area contributed by atoms with E-state index < -0.39 is 11.6 Å². The van der Waals surface area contributed by atoms with Crippen molar-refractivity contribution < 1.29 is 13.5 Å². The summed E-state index contributed by atoms with van der Waals surface area (Å²) >= 11 is 0. The zero-order valence-electron chi connectivity index (χ0n) is 12.1. The third-order valence-electron chi connectivity index (χ3n) is 3.97. The van der Waals surface area contributed by atoms with Crippen LogP contribution in [0.15, 0.2) is 36.4 Å². The molecule has 0 radical (unpaired) electrons. The lowest BCUT2D eigenvalue weighted by Crippen LogP contribution is -2.31. The topological polar surface area (TPSA) is 12.5 Å². The van der Waals surface area contributed by atoms with Gasteiger partial charge in [-0.2, -0.15) is 0 Å². The van der Waals surface area contributed by atoms with Gasteiger partial charge in [0.2, 0.25) is 0 Å². The Labute approximate surface area is 123 Å². The fourth-order valence-electron chi connectivity index (χ4n) is 3.08. The number of methoxy groups -OCH3 is 1. The molecule has 1 aliphatic rings. The van der Waals surface area contributed by atoms with Crippen molar-refractivity contribution in [3.63, 3.8) is 0 Å². The predicted octanol–water partition coefficient (Wildman–Crippen LogP) is 3.55. The molecular weight excluding hydrogens is 272 g/mol. The molecule has 0 amide bonds. The van der Waals surface area contributed by atoms with Crippen molar-refractivity contribution in [1.82, 2.24) is 4.90 Å². The van der Waals surface area contributed by atoms with E-state index in [9.17, 15) is 8.78 Å². The molecule has 0 saturated carbocycles. The van der Waals surface area contributed by atoms with Crippen molar-refractivity contribution in [2.75, 3.05) is 20.7 Å². The third-order valence-corrected chi connectivity index (χ3v) is 3.97. The summed E-state index contributed by atoms with van der Waals surface area (Å²) in [6.07, 6.45) is 0. The molecule has 110 valence electrons. The smallest absolute Gasteiger partial charge is 0.126 e. The lowest BCUT2D eigenvalue weighted by Gasteiger charge is -2.33. The normalized spacial score (nSPS) is 18.4. The molecule has 0 N–H and O–H groups in total. The van der Waals surface area contributed by atoms with Gasteiger partial charge in [-0.25, -0.2) is 8.78 Å². The second-order valence-electron chi connectivity index (χ2n) is 5.48. The van der Waals surface area contributed by atoms with Crippen LogP contribution < -0.4 is 4.74 Å². The Hall–Kier alpha value is -1.94. The molecular formula is C17H17F2NO. The van der Waals surface area contributed by atoms with Crippen molar-refractivity contribution in [2.45, 2.75) is 12.5 Å². The average molecular weight is 289 g/mol. The molecule has 4 heteroatoms. The van der Waals surface area contributed by atoms with E-state index in [1.54, 1.807) is 7.11 Å². The van der Waals surface area contributed by atoms with Crippen molar-refractivity contribution in [3.05, 3.63) is 64.7 Å². The Morgan fingerprint density at radius 3 is 2.52 bits per heavy atom. The quantitative estimate of drug-likeness (QED) is 0.838. The van der Waals surface area contributed by atoms with Gasteiger partial charge in [0.1, 0.15) is 17.4 Å². The predicted molar refractivity (Wildman–Crippen MR) is 77.5 cm³/mol. The summed E-state index contributed by atoms with van der Waals surface area (Å²) < 4.78 is 32.5. The lowest BCUT2D eigenvalue weighted by atomic mass is 9.84. The number of halogens is 2. The maximum atomic E-state index is 13.5. The molecule has 21 heavy (non-hydrogen) atoms. The van der Waals surface area contributed by atoms with Crippen LogP contribution in [0, 0.1) is 11.6 Å². The van der Waals surface area contributed by atoms with Crippen LogP contribution in [-0.4, -0.2) is 25.6 Å². The number of hydrogen-bond acceptors (Lipinski definition) is 2. The summed E-state index contributed by atoms with van der Waals surface area (Å²) in [7, 11) is 3.64. The highest BCUT2D eigenvalue weighted by Crippen LogP contribution is 2.37. The van der Waals surface area contributed by atoms with E-state index in [1.807, 2.05) is 25.2 Å². The van der Waals surface area contributed by atoms with Gasteiger partial charge in [0.05, 0.1) is 7.11 Å². The minimum atomic E-state index is -0.539. The summed E-state index contributed by atoms with van der Waals surface area (Å²) in [6, 6.07) is 9.58. The van der Waals surface area contributed by atoms with Crippen molar-refractivity contribution in [2.24, 2.45) is 0 Å². The Morgan fingerprint density at radius 2 is 1.86 bits per heavy atom. The third kappa shape index (κ3) is 2.63. The first-order valence-corrected chi connectivity index (χ1v) is 6.89. The highest BCUT2D eigenvalue weighted by atomic mass is 19.1. The van der Waals surface area contributed by atoms with Gasteiger partial charge in [-0.05, 0) is 36.4 Å². The fourth-order valence-corrected chi connectivity index (χ4v) is 3.08. The summed E-state index contributed by atoms with van der Waals surface area (Å²) in [4.78, 5) is 2.14. The number of benzene rings is 2. The van der Waals surface area contributed by atoms with E-state index in [2.05, 4.69) is 4.90 Å². The Bertz CT molecular complexity index is 652. The van der Waals surface area contributed by atoms with Crippen molar-refractivity contribution >= 4 is 0 Å². The maximum absolute atomic E-state index is 13.5. The van der Waals surface area contributed by atoms with Gasteiger partial charge in [0.25, 0.3) is 0 Å². The Kier molecular flexibility index (Phi) is 3.64. The SMILES string of the molecule is COc1cccc2c1CN(C)CC2c1cc(F)cc(F)c1. The first-order valence-electron chi connectivity index (χ1n) is 6.89. The molecule has 1 atom stereocenters. The molecule has 2 nitrogen and oxygen atoms in total. The highest BCUT2D eigenvalue weighted by Gasteiger charge is 2.27. The van der Waals surface area contributed by atoms with Gasteiger partial charge < -0.3 is 9.64 Å². The molecule has 0 aliphatic carbocycles. The number of fused-ring (bicyclic) bond motifs is 1. The van der Waals surface area contributed by atoms with Gasteiger partial charge in [-0.1, -0.05) is 12.1 Å². The number of likely N-dealkylation sites (N-methyl/N-ethyl adjacent to an activating group) is 1. The maximum Gasteiger partial charge on any atom is 0.126 e. The Morgan fingerprint density at radius 1 is 1.14 bits per heavy atom. The van der Waals surface area contributed by atoms with E-state index in [1.165, 1.54) is 12.1 Å². The number of ether oxygens (including phenoxy) is 1. The molecule has 1 unspecified atom stereocenters. The van der Waals surface area contributed by atoms with Crippen LogP contribution in [-0.2, 0) is 6.54 Å². The summed E-state index contributed by atoms with van der Waals surface area (Å²) in [5, 5.41) is 0. The molecule has 2 aromatic carbocycles. The molecule has 3 rings (SSSR count). The second-order valence-corrected chi connectivity index (χ2v) is 5.48. The van der Waals surface area contributed by atoms with Gasteiger partial charge in [-0.3, -0.25) is 0 Å². The first-order chi connectivity index (χ1) is 10.1. The van der Waals surface area contributed by atoms with Crippen LogP contribution in [0.1, 0.15) is 22.6 Å². The number of rotatable bonds is 2. The van der Waals surface area contributed by atoms with Crippen LogP contribution in [0.3, 0.4) is 0 Å². The molecule has 0 spiro atoms. The van der Waals surface area contributed by atoms with E-state index in [0.29, 0.717) is 5.56 Å². The second kappa shape index (κ2) is 5.45. The van der Waals surface area contributed by atoms with Crippen LogP contribution >= 0.6 is 0 Å². The molecule has 1 aliphatic heterocycles. The van der Waals surface area contributed by atoms with Crippen molar-refractivity contribution in [1.29, 1.82) is 0 Å². The number of nitrogens with zero attached hydrogens (tertiary/aromatic N) is 1. The largest absolute Gasteiger partial charge is 0.496 e. The molecule has 0 bridgehead atoms. The van der Waals surface area contributed by atoms with Gasteiger partial charge in [-0.15, -0.1) is 0 Å². The fraction of sp³-hybridized carbons (Fsp3) is 0.294. The minimum Gasteiger partial charge on any atom is -0.496 e. The van der Waals surface area contributed by atoms with Crippen molar-refractivity contribution in [3.8, 4) is 5.75 Å². The van der Waals surface area contributed by atoms with E-state index in [4.69, 9.17) is 4.74 Å². The van der Waals surface area contributed by atoms with Crippen LogP contribution in [0.5, 0.6) is 5.75 Å². The van der Waals surface area contributed by atoms with E-state index in [-0.39, 0.29) is 5.92 Å². The zero-order chi connectivity index (χ0) is 15.0. The summed E-state index contributed by atoms with van der Waals surface area (Å²) in [5.74, 6) is -0.315. The number of hydrogen-bond donors (Lipinski definition) is 0. The summed E-state index contributed by atoms with van der Waals surface area (Å²) in [5.41, 5.74) is 2.83. The zero-order valence-corrected chi connectivity index (χ0v) is 12.1. The Balaban J connectivity index is 2.13. The van der Waals surface area contributed by atoms with Gasteiger partial charge >= 0.3 is 0 Å². The summed E-state index contributed by atoms with van der Waals surface area (Å²) in [6.45, 7) is 1.50. The monoisotopic (exact) mass is 289 g/mol. The molecule has 1 heterocycles. The first kappa shape index (κ1) is 14.0. The standard InChI is InChI=1S/C17H17F2NO/c1-20-9-15(11-6-12(18)8-13(19)7-11)14-4-3-5-17(21-2)16(14)10-20/h3-8,15H,9-10H2,1-2H3. The van der Waals surface area contributed by atoms with Gasteiger partial charge in [0.15, 0.2) is 0 Å². The van der Waals surface area contributed by atoms with E-state index >= 15 is 0 Å². The molecule has 2 aromatic rings. The van der Waals surface area contributed by atoms with Crippen LogP contribution in [0.25, 0.3) is 0 Å². The lowest BCUT2D eigenvalue weighted by molar-refractivity contribution is 0.285. The molecule has 0 saturated heterocycles. The van der Waals surface area contributed by atoms with E-state index in [0.717, 1.165) is 36.0 Å². The highest BCUT2D eigenvalue weighted by molar-refractivity contribution is 5.47.